The van der Waals surface area contributed by atoms with Gasteiger partial charge in [-0.1, -0.05) is 32.1 Å². The van der Waals surface area contributed by atoms with E-state index in [-0.39, 0.29) is 46.6 Å². The summed E-state index contributed by atoms with van der Waals surface area (Å²) in [7, 11) is 0. The van der Waals surface area contributed by atoms with E-state index < -0.39 is 22.5 Å². The summed E-state index contributed by atoms with van der Waals surface area (Å²) in [5, 5.41) is 44.8. The van der Waals surface area contributed by atoms with E-state index in [0.717, 1.165) is 62.0 Å². The summed E-state index contributed by atoms with van der Waals surface area (Å²) in [5.41, 5.74) is -1.33. The Morgan fingerprint density at radius 3 is 2.27 bits per heavy atom. The molecule has 0 aliphatic heterocycles. The van der Waals surface area contributed by atoms with Gasteiger partial charge in [-0.05, 0) is 136 Å². The number of Topliss-reactive ketones (excluding diaryl/α,β-unsaturated/α-hetero) is 1. The van der Waals surface area contributed by atoms with Crippen molar-refractivity contribution in [2.75, 3.05) is 26.2 Å². The minimum Gasteiger partial charge on any atom is -0.461 e. The van der Waals surface area contributed by atoms with Crippen molar-refractivity contribution >= 4 is 5.78 Å². The van der Waals surface area contributed by atoms with Crippen LogP contribution in [0.3, 0.4) is 0 Å². The van der Waals surface area contributed by atoms with Crippen LogP contribution >= 0.6 is 0 Å². The van der Waals surface area contributed by atoms with Crippen LogP contribution in [0.1, 0.15) is 108 Å². The number of aliphatic hydroxyl groups excluding tert-OH is 3. The highest BCUT2D eigenvalue weighted by molar-refractivity contribution is 6.08. The molecule has 1 aromatic rings. The third kappa shape index (κ3) is 4.26. The van der Waals surface area contributed by atoms with Crippen molar-refractivity contribution in [3.05, 3.63) is 48.0 Å². The average Bonchev–Trinajstić information content (AvgIpc) is 3.66. The van der Waals surface area contributed by atoms with Crippen LogP contribution in [0.15, 0.2) is 46.6 Å². The van der Waals surface area contributed by atoms with Crippen molar-refractivity contribution in [3.8, 4) is 0 Å². The van der Waals surface area contributed by atoms with Gasteiger partial charge >= 0.3 is 0 Å². The molecule has 7 saturated carbocycles. The zero-order chi connectivity index (χ0) is 33.3. The third-order valence-corrected chi connectivity index (χ3v) is 16.6. The molecule has 0 saturated heterocycles. The molecule has 9 atom stereocenters. The Morgan fingerprint density at radius 2 is 1.60 bits per heavy atom. The first-order valence-corrected chi connectivity index (χ1v) is 19.3. The number of rotatable bonds is 9. The minimum atomic E-state index is -0.989. The quantitative estimate of drug-likeness (QED) is 0.192. The second-order valence-electron chi connectivity index (χ2n) is 19.0. The lowest BCUT2D eigenvalue weighted by molar-refractivity contribution is -0.179. The van der Waals surface area contributed by atoms with E-state index in [1.165, 1.54) is 38.5 Å². The third-order valence-electron chi connectivity index (χ3n) is 16.6. The number of hydrogen-bond acceptors (Lipinski definition) is 7. The topological polar surface area (TPSA) is 114 Å². The van der Waals surface area contributed by atoms with Gasteiger partial charge in [0, 0.05) is 41.5 Å². The number of furan rings is 1. The molecule has 0 aromatic carbocycles. The molecule has 0 radical (unpaired) electrons. The van der Waals surface area contributed by atoms with Crippen LogP contribution in [0.2, 0.25) is 0 Å². The average molecular weight is 660 g/mol. The number of carbonyl (C=O) groups excluding carboxylic acids is 1. The van der Waals surface area contributed by atoms with Crippen molar-refractivity contribution in [1.29, 1.82) is 0 Å². The van der Waals surface area contributed by atoms with Crippen molar-refractivity contribution < 1.29 is 29.6 Å². The van der Waals surface area contributed by atoms with E-state index in [1.54, 1.807) is 18.4 Å². The van der Waals surface area contributed by atoms with Gasteiger partial charge in [0.1, 0.15) is 0 Å². The maximum absolute atomic E-state index is 14.5. The molecule has 10 aliphatic carbocycles. The van der Waals surface area contributed by atoms with Crippen molar-refractivity contribution in [2.24, 2.45) is 56.7 Å². The Bertz CT molecular complexity index is 1480. The van der Waals surface area contributed by atoms with Crippen molar-refractivity contribution in [2.45, 2.75) is 115 Å². The fourth-order valence-corrected chi connectivity index (χ4v) is 15.0. The van der Waals surface area contributed by atoms with Crippen LogP contribution in [0, 0.1) is 56.7 Å². The first-order chi connectivity index (χ1) is 22.9. The highest BCUT2D eigenvalue weighted by Gasteiger charge is 2.74. The molecule has 2 spiro atoms. The summed E-state index contributed by atoms with van der Waals surface area (Å²) in [6.45, 7) is 6.19. The maximum Gasteiger partial charge on any atom is 0.224 e. The lowest BCUT2D eigenvalue weighted by Crippen LogP contribution is -2.67. The van der Waals surface area contributed by atoms with E-state index >= 15 is 0 Å². The number of carbonyl (C=O) groups is 1. The summed E-state index contributed by atoms with van der Waals surface area (Å²) in [5.74, 6) is 3.09. The summed E-state index contributed by atoms with van der Waals surface area (Å²) in [6.07, 6.45) is 20.9. The van der Waals surface area contributed by atoms with E-state index in [1.807, 2.05) is 0 Å². The molecule has 1 heterocycles. The van der Waals surface area contributed by atoms with Crippen molar-refractivity contribution in [3.63, 3.8) is 0 Å². The SMILES string of the molecule is CC12CCC(O)CC13C=CC1(C(C(=O)c4ccco4)=C3)C2CCC2(C)C1CCC2(O)CN(CC(O)CO)CC12CC3CC(CC(C3)C1)C2. The van der Waals surface area contributed by atoms with Gasteiger partial charge in [-0.25, -0.2) is 0 Å². The molecule has 0 amide bonds. The van der Waals surface area contributed by atoms with E-state index in [0.29, 0.717) is 31.7 Å². The summed E-state index contributed by atoms with van der Waals surface area (Å²) in [6, 6.07) is 3.56. The van der Waals surface area contributed by atoms with E-state index in [9.17, 15) is 25.2 Å². The molecule has 7 fully saturated rings. The molecule has 4 N–H and O–H groups in total. The van der Waals surface area contributed by atoms with Gasteiger partial charge in [-0.2, -0.15) is 0 Å². The molecule has 10 aliphatic rings. The van der Waals surface area contributed by atoms with Crippen LogP contribution < -0.4 is 0 Å². The number of ketones is 1. The molecule has 48 heavy (non-hydrogen) atoms. The Hall–Kier alpha value is -1.77. The van der Waals surface area contributed by atoms with Gasteiger partial charge in [0.15, 0.2) is 5.76 Å². The molecule has 7 nitrogen and oxygen atoms in total. The van der Waals surface area contributed by atoms with Crippen LogP contribution in [0.25, 0.3) is 0 Å². The fraction of sp³-hybridized carbons (Fsp3) is 0.780. The molecule has 262 valence electrons. The van der Waals surface area contributed by atoms with Gasteiger partial charge < -0.3 is 24.8 Å². The Kier molecular flexibility index (Phi) is 7.12. The molecule has 11 rings (SSSR count). The highest BCUT2D eigenvalue weighted by atomic mass is 16.3. The zero-order valence-corrected chi connectivity index (χ0v) is 29.1. The van der Waals surface area contributed by atoms with Gasteiger partial charge in [-0.3, -0.25) is 9.69 Å². The lowest BCUT2D eigenvalue weighted by atomic mass is 9.32. The second-order valence-corrected chi connectivity index (χ2v) is 19.0. The first kappa shape index (κ1) is 32.2. The summed E-state index contributed by atoms with van der Waals surface area (Å²) >= 11 is 0. The summed E-state index contributed by atoms with van der Waals surface area (Å²) < 4.78 is 5.74. The number of nitrogens with zero attached hydrogens (tertiary/aromatic N) is 1. The standard InChI is InChI=1S/C41H57NO6/c1-36-8-5-29(44)20-39(36)11-12-41(31(21-39)35(46)32-4-3-13-48-32)33(36)6-9-37(2)34(41)7-10-40(37,47)25-42(22-30(45)23-43)24-38-17-26-14-27(18-38)16-28(15-26)19-38/h3-4,11-13,21,26-30,33-34,43-45,47H,5-10,14-20,22-25H2,1-2H3. The molecular formula is C41H57NO6. The zero-order valence-electron chi connectivity index (χ0n) is 29.1. The number of hydrogen-bond donors (Lipinski definition) is 4. The number of allylic oxidation sites excluding steroid dienone is 4. The number of aliphatic hydroxyl groups is 4. The predicted octanol–water partition coefficient (Wildman–Crippen LogP) is 5.93. The Labute approximate surface area is 285 Å². The minimum absolute atomic E-state index is 0.0509. The molecule has 6 bridgehead atoms. The summed E-state index contributed by atoms with van der Waals surface area (Å²) in [4.78, 5) is 16.9. The number of fused-ring (bicyclic) bond motifs is 1. The van der Waals surface area contributed by atoms with Gasteiger partial charge in [0.2, 0.25) is 5.78 Å². The van der Waals surface area contributed by atoms with Crippen molar-refractivity contribution in [1.82, 2.24) is 4.90 Å². The van der Waals surface area contributed by atoms with Crippen LogP contribution in [0.4, 0.5) is 0 Å². The second kappa shape index (κ2) is 10.6. The fourth-order valence-electron chi connectivity index (χ4n) is 15.0. The normalized spacial score (nSPS) is 50.3. The predicted molar refractivity (Wildman–Crippen MR) is 182 cm³/mol. The van der Waals surface area contributed by atoms with E-state index in [4.69, 9.17) is 4.42 Å². The molecule has 9 unspecified atom stereocenters. The van der Waals surface area contributed by atoms with Gasteiger partial charge in [-0.15, -0.1) is 0 Å². The lowest BCUT2D eigenvalue weighted by Gasteiger charge is -2.71. The maximum atomic E-state index is 14.5. The first-order valence-electron chi connectivity index (χ1n) is 19.3. The van der Waals surface area contributed by atoms with Gasteiger partial charge in [0.05, 0.1) is 30.7 Å². The Balaban J connectivity index is 1.08. The molecular weight excluding hydrogens is 602 g/mol. The molecule has 1 aromatic heterocycles. The van der Waals surface area contributed by atoms with E-state index in [2.05, 4.69) is 37.0 Å². The Morgan fingerprint density at radius 1 is 0.938 bits per heavy atom. The molecule has 7 heteroatoms. The largest absolute Gasteiger partial charge is 0.461 e. The highest BCUT2D eigenvalue weighted by Crippen LogP contribution is 2.78. The van der Waals surface area contributed by atoms with Crippen LogP contribution in [0.5, 0.6) is 0 Å². The van der Waals surface area contributed by atoms with Crippen LogP contribution in [-0.4, -0.2) is 75.2 Å². The van der Waals surface area contributed by atoms with Crippen LogP contribution in [-0.2, 0) is 0 Å². The smallest absolute Gasteiger partial charge is 0.224 e. The van der Waals surface area contributed by atoms with Gasteiger partial charge in [0.25, 0.3) is 0 Å². The monoisotopic (exact) mass is 659 g/mol.